The fourth-order valence-corrected chi connectivity index (χ4v) is 3.26. The molecular weight excluding hydrogens is 423 g/mol. The van der Waals surface area contributed by atoms with E-state index in [2.05, 4.69) is 5.32 Å². The van der Waals surface area contributed by atoms with Gasteiger partial charge >= 0.3 is 5.97 Å². The average Bonchev–Trinajstić information content (AvgIpc) is 2.73. The van der Waals surface area contributed by atoms with Gasteiger partial charge in [0.1, 0.15) is 18.0 Å². The SMILES string of the molecule is CN(SOCC(=O)O)c1ccc(NCc2cccc(-c3ccccc3)c2F)cc1.S. The monoisotopic (exact) mass is 446 g/mol. The van der Waals surface area contributed by atoms with Crippen molar-refractivity contribution in [3.05, 3.63) is 84.2 Å². The van der Waals surface area contributed by atoms with Gasteiger partial charge in [0.2, 0.25) is 0 Å². The Morgan fingerprint density at radius 3 is 2.43 bits per heavy atom. The molecule has 3 aromatic rings. The first-order chi connectivity index (χ1) is 14.0. The van der Waals surface area contributed by atoms with E-state index in [-0.39, 0.29) is 25.9 Å². The molecule has 0 aliphatic heterocycles. The molecule has 0 aliphatic carbocycles. The van der Waals surface area contributed by atoms with Crippen molar-refractivity contribution < 1.29 is 18.5 Å². The van der Waals surface area contributed by atoms with Gasteiger partial charge in [-0.1, -0.05) is 48.5 Å². The Kier molecular flexibility index (Phi) is 9.04. The maximum atomic E-state index is 14.9. The first-order valence-electron chi connectivity index (χ1n) is 8.96. The smallest absolute Gasteiger partial charge is 0.331 e. The first kappa shape index (κ1) is 23.6. The molecular formula is C22H23FN2O3S2. The van der Waals surface area contributed by atoms with E-state index in [1.54, 1.807) is 23.5 Å². The molecule has 0 aromatic heterocycles. The maximum Gasteiger partial charge on any atom is 0.331 e. The highest BCUT2D eigenvalue weighted by atomic mass is 32.2. The molecule has 0 saturated heterocycles. The molecule has 0 amide bonds. The fourth-order valence-electron chi connectivity index (χ4n) is 2.74. The molecule has 3 rings (SSSR count). The van der Waals surface area contributed by atoms with Gasteiger partial charge in [-0.15, -0.1) is 0 Å². The van der Waals surface area contributed by atoms with Crippen LogP contribution in [0.1, 0.15) is 5.56 Å². The minimum Gasteiger partial charge on any atom is -0.479 e. The predicted molar refractivity (Wildman–Crippen MR) is 126 cm³/mol. The van der Waals surface area contributed by atoms with Crippen molar-refractivity contribution in [2.24, 2.45) is 0 Å². The van der Waals surface area contributed by atoms with Gasteiger partial charge in [0.05, 0.1) is 0 Å². The molecule has 0 aliphatic rings. The van der Waals surface area contributed by atoms with Crippen LogP contribution in [0.15, 0.2) is 72.8 Å². The van der Waals surface area contributed by atoms with Crippen molar-refractivity contribution >= 4 is 43.1 Å². The molecule has 8 heteroatoms. The summed E-state index contributed by atoms with van der Waals surface area (Å²) < 4.78 is 21.6. The molecule has 30 heavy (non-hydrogen) atoms. The van der Waals surface area contributed by atoms with Crippen LogP contribution in [0.5, 0.6) is 0 Å². The highest BCUT2D eigenvalue weighted by molar-refractivity contribution is 7.96. The van der Waals surface area contributed by atoms with Crippen molar-refractivity contribution in [1.82, 2.24) is 0 Å². The zero-order valence-electron chi connectivity index (χ0n) is 16.3. The highest BCUT2D eigenvalue weighted by Gasteiger charge is 2.10. The molecule has 0 radical (unpaired) electrons. The Morgan fingerprint density at radius 2 is 1.77 bits per heavy atom. The predicted octanol–water partition coefficient (Wildman–Crippen LogP) is 5.32. The number of carboxylic acid groups (broad SMARTS) is 1. The zero-order valence-corrected chi connectivity index (χ0v) is 18.2. The van der Waals surface area contributed by atoms with Crippen LogP contribution in [0.4, 0.5) is 15.8 Å². The molecule has 0 atom stereocenters. The summed E-state index contributed by atoms with van der Waals surface area (Å²) in [4.78, 5) is 10.5. The lowest BCUT2D eigenvalue weighted by Crippen LogP contribution is -2.11. The zero-order chi connectivity index (χ0) is 20.6. The topological polar surface area (TPSA) is 61.8 Å². The van der Waals surface area contributed by atoms with Gasteiger partial charge in [-0.2, -0.15) is 13.5 Å². The van der Waals surface area contributed by atoms with E-state index in [4.69, 9.17) is 9.29 Å². The third kappa shape index (κ3) is 6.41. The average molecular weight is 447 g/mol. The van der Waals surface area contributed by atoms with Crippen molar-refractivity contribution in [3.8, 4) is 11.1 Å². The molecule has 0 spiro atoms. The number of hydrogen-bond acceptors (Lipinski definition) is 5. The summed E-state index contributed by atoms with van der Waals surface area (Å²) >= 11 is 0.958. The van der Waals surface area contributed by atoms with E-state index in [9.17, 15) is 9.18 Å². The van der Waals surface area contributed by atoms with E-state index < -0.39 is 5.97 Å². The Balaban J connectivity index is 0.00000320. The van der Waals surface area contributed by atoms with Gasteiger partial charge in [-0.25, -0.2) is 9.18 Å². The summed E-state index contributed by atoms with van der Waals surface area (Å²) in [5.41, 5.74) is 3.72. The van der Waals surface area contributed by atoms with Crippen LogP contribution in [-0.4, -0.2) is 24.7 Å². The lowest BCUT2D eigenvalue weighted by molar-refractivity contribution is -0.138. The van der Waals surface area contributed by atoms with E-state index in [0.29, 0.717) is 17.7 Å². The van der Waals surface area contributed by atoms with Gasteiger partial charge in [0, 0.05) is 36.1 Å². The molecule has 2 N–H and O–H groups in total. The minimum absolute atomic E-state index is 0. The molecule has 5 nitrogen and oxygen atoms in total. The maximum absolute atomic E-state index is 14.9. The second-order valence-electron chi connectivity index (χ2n) is 6.27. The Morgan fingerprint density at radius 1 is 1.07 bits per heavy atom. The van der Waals surface area contributed by atoms with Crippen LogP contribution in [0.3, 0.4) is 0 Å². The number of carbonyl (C=O) groups is 1. The molecule has 0 unspecified atom stereocenters. The number of nitrogens with one attached hydrogen (secondary N) is 1. The van der Waals surface area contributed by atoms with E-state index >= 15 is 0 Å². The summed E-state index contributed by atoms with van der Waals surface area (Å²) in [5, 5.41) is 11.8. The van der Waals surface area contributed by atoms with Gasteiger partial charge in [-0.05, 0) is 29.8 Å². The molecule has 158 valence electrons. The fraction of sp³-hybridized carbons (Fsp3) is 0.136. The van der Waals surface area contributed by atoms with Crippen LogP contribution in [0.25, 0.3) is 11.1 Å². The van der Waals surface area contributed by atoms with Gasteiger partial charge < -0.3 is 10.4 Å². The van der Waals surface area contributed by atoms with Gasteiger partial charge in [0.15, 0.2) is 6.61 Å². The van der Waals surface area contributed by atoms with Crippen LogP contribution < -0.4 is 9.62 Å². The summed E-state index contributed by atoms with van der Waals surface area (Å²) in [6.45, 7) is -0.0135. The number of halogens is 1. The van der Waals surface area contributed by atoms with Gasteiger partial charge in [-0.3, -0.25) is 8.49 Å². The molecule has 0 fully saturated rings. The van der Waals surface area contributed by atoms with E-state index in [0.717, 1.165) is 29.2 Å². The molecule has 0 saturated carbocycles. The van der Waals surface area contributed by atoms with E-state index in [1.165, 1.54) is 0 Å². The van der Waals surface area contributed by atoms with Crippen LogP contribution in [-0.2, 0) is 15.5 Å². The summed E-state index contributed by atoms with van der Waals surface area (Å²) in [6.07, 6.45) is 0. The van der Waals surface area contributed by atoms with Gasteiger partial charge in [0.25, 0.3) is 0 Å². The molecule has 3 aromatic carbocycles. The van der Waals surface area contributed by atoms with E-state index in [1.807, 2.05) is 60.7 Å². The largest absolute Gasteiger partial charge is 0.479 e. The minimum atomic E-state index is -1.02. The Hall–Kier alpha value is -2.68. The Bertz CT molecular complexity index is 956. The molecule has 0 bridgehead atoms. The van der Waals surface area contributed by atoms with Crippen LogP contribution in [0.2, 0.25) is 0 Å². The highest BCUT2D eigenvalue weighted by Crippen LogP contribution is 2.26. The number of aliphatic carboxylic acids is 1. The number of rotatable bonds is 9. The lowest BCUT2D eigenvalue weighted by Gasteiger charge is -2.17. The second kappa shape index (κ2) is 11.5. The Labute approximate surface area is 186 Å². The number of anilines is 2. The standard InChI is InChI=1S/C22H21FN2O3S.H2S/c1-25(29-28-15-21(26)27)19-12-10-18(11-13-19)24-14-17-8-5-9-20(22(17)23)16-6-3-2-4-7-16;/h2-13,24H,14-15H2,1H3,(H,26,27);1H2. The number of carboxylic acids is 1. The van der Waals surface area contributed by atoms with Crippen molar-refractivity contribution in [2.75, 3.05) is 23.3 Å². The van der Waals surface area contributed by atoms with Crippen LogP contribution in [0, 0.1) is 5.82 Å². The van der Waals surface area contributed by atoms with Crippen molar-refractivity contribution in [3.63, 3.8) is 0 Å². The van der Waals surface area contributed by atoms with Crippen molar-refractivity contribution in [2.45, 2.75) is 6.54 Å². The third-order valence-electron chi connectivity index (χ3n) is 4.22. The van der Waals surface area contributed by atoms with Crippen LogP contribution >= 0.6 is 25.7 Å². The number of benzene rings is 3. The van der Waals surface area contributed by atoms with Crippen molar-refractivity contribution in [1.29, 1.82) is 0 Å². The first-order valence-corrected chi connectivity index (χ1v) is 9.66. The normalized spacial score (nSPS) is 10.2. The summed E-state index contributed by atoms with van der Waals surface area (Å²) in [7, 11) is 1.78. The summed E-state index contributed by atoms with van der Waals surface area (Å²) in [5.74, 6) is -1.25. The number of hydrogen-bond donors (Lipinski definition) is 2. The lowest BCUT2D eigenvalue weighted by atomic mass is 10.0. The summed E-state index contributed by atoms with van der Waals surface area (Å²) in [6, 6.07) is 22.4. The number of nitrogens with zero attached hydrogens (tertiary/aromatic N) is 1. The third-order valence-corrected chi connectivity index (χ3v) is 4.88. The quantitative estimate of drug-likeness (QED) is 0.343. The second-order valence-corrected chi connectivity index (χ2v) is 7.21. The molecule has 0 heterocycles.